The van der Waals surface area contributed by atoms with Crippen molar-refractivity contribution in [2.24, 2.45) is 0 Å². The molecule has 0 fully saturated rings. The Balaban J connectivity index is 1.43. The molecule has 8 nitrogen and oxygen atoms in total. The van der Waals surface area contributed by atoms with Gasteiger partial charge in [0.2, 0.25) is 0 Å². The number of aryl methyl sites for hydroxylation is 3. The Kier molecular flexibility index (Phi) is 8.49. The first-order valence-corrected chi connectivity index (χ1v) is 15.1. The highest BCUT2D eigenvalue weighted by atomic mass is 35.5. The van der Waals surface area contributed by atoms with Gasteiger partial charge in [0.15, 0.2) is 0 Å². The lowest BCUT2D eigenvalue weighted by Gasteiger charge is -2.13. The van der Waals surface area contributed by atoms with Gasteiger partial charge >= 0.3 is 5.97 Å². The molecule has 1 aliphatic heterocycles. The number of carbonyl (C=O) groups excluding carboxylic acids is 1. The van der Waals surface area contributed by atoms with Crippen LogP contribution in [0.15, 0.2) is 54.6 Å². The lowest BCUT2D eigenvalue weighted by molar-refractivity contribution is -0.108. The molecule has 9 heteroatoms. The van der Waals surface area contributed by atoms with Gasteiger partial charge in [-0.3, -0.25) is 4.68 Å². The van der Waals surface area contributed by atoms with Crippen molar-refractivity contribution in [1.82, 2.24) is 14.3 Å². The maximum Gasteiger partial charge on any atom is 0.352 e. The third-order valence-corrected chi connectivity index (χ3v) is 8.52. The zero-order chi connectivity index (χ0) is 29.9. The normalized spacial score (nSPS) is 13.5. The van der Waals surface area contributed by atoms with Crippen LogP contribution in [-0.2, 0) is 35.6 Å². The fraction of sp³-hybridized carbons (Fsp3) is 0.324. The molecule has 0 atom stereocenters. The summed E-state index contributed by atoms with van der Waals surface area (Å²) in [7, 11) is 0. The van der Waals surface area contributed by atoms with Gasteiger partial charge in [-0.1, -0.05) is 54.1 Å². The van der Waals surface area contributed by atoms with Crippen LogP contribution in [0.4, 0.5) is 0 Å². The highest BCUT2D eigenvalue weighted by Gasteiger charge is 2.29. The predicted octanol–water partition coefficient (Wildman–Crippen LogP) is 7.23. The van der Waals surface area contributed by atoms with Crippen LogP contribution in [0, 0.1) is 6.92 Å². The second-order valence-electron chi connectivity index (χ2n) is 10.9. The number of ether oxygens (including phenoxy) is 2. The highest BCUT2D eigenvalue weighted by molar-refractivity contribution is 6.35. The first kappa shape index (κ1) is 29.0. The van der Waals surface area contributed by atoms with Crippen LogP contribution in [0.25, 0.3) is 32.8 Å². The van der Waals surface area contributed by atoms with Gasteiger partial charge in [0.05, 0.1) is 29.4 Å². The monoisotopic (exact) mass is 599 g/mol. The molecule has 1 N–H and O–H groups in total. The van der Waals surface area contributed by atoms with E-state index in [-0.39, 0.29) is 5.69 Å². The van der Waals surface area contributed by atoms with E-state index in [4.69, 9.17) is 26.2 Å². The van der Waals surface area contributed by atoms with Crippen LogP contribution < -0.4 is 4.74 Å². The van der Waals surface area contributed by atoms with Crippen molar-refractivity contribution < 1.29 is 24.2 Å². The Morgan fingerprint density at radius 1 is 1.09 bits per heavy atom. The second kappa shape index (κ2) is 12.6. The molecule has 1 aliphatic rings. The molecule has 0 saturated carbocycles. The van der Waals surface area contributed by atoms with E-state index in [0.29, 0.717) is 57.2 Å². The molecule has 0 bridgehead atoms. The van der Waals surface area contributed by atoms with Crippen LogP contribution in [-0.4, -0.2) is 44.9 Å². The number of carbonyl (C=O) groups is 2. The number of aldehydes is 1. The molecule has 0 amide bonds. The zero-order valence-electron chi connectivity index (χ0n) is 24.1. The number of benzene rings is 3. The van der Waals surface area contributed by atoms with Crippen LogP contribution in [0.1, 0.15) is 53.1 Å². The topological polar surface area (TPSA) is 95.6 Å². The van der Waals surface area contributed by atoms with E-state index < -0.39 is 5.97 Å². The van der Waals surface area contributed by atoms with Crippen molar-refractivity contribution in [3.8, 4) is 16.9 Å². The van der Waals surface area contributed by atoms with Crippen LogP contribution >= 0.6 is 11.6 Å². The molecule has 0 spiro atoms. The standard InChI is InChI=1S/C34H34ClN3O5/c1-22-30-28(36-38(22)17-8-18-39)21-42-19-5-4-16-37-32-26(14-15-27(35)31(30)32)25(33(37)34(40)41)12-7-20-43-29-13-6-10-23-9-2-3-11-24(23)29/h2-3,6,9-11,13-15,18H,4-5,7-8,12,16-17,19-21H2,1H3,(H,40,41). The smallest absolute Gasteiger partial charge is 0.352 e. The van der Waals surface area contributed by atoms with E-state index in [1.807, 2.05) is 58.6 Å². The minimum Gasteiger partial charge on any atom is -0.493 e. The number of halogens is 1. The Labute approximate surface area is 254 Å². The number of carboxylic acid groups (broad SMARTS) is 1. The Morgan fingerprint density at radius 3 is 2.77 bits per heavy atom. The third kappa shape index (κ3) is 5.53. The summed E-state index contributed by atoms with van der Waals surface area (Å²) in [5.74, 6) is -0.146. The molecule has 2 aromatic heterocycles. The molecule has 0 unspecified atom stereocenters. The highest BCUT2D eigenvalue weighted by Crippen LogP contribution is 2.43. The van der Waals surface area contributed by atoms with Crippen molar-refractivity contribution in [1.29, 1.82) is 0 Å². The summed E-state index contributed by atoms with van der Waals surface area (Å²) in [5, 5.41) is 18.9. The quantitative estimate of drug-likeness (QED) is 0.142. The average Bonchev–Trinajstić information content (AvgIpc) is 3.48. The van der Waals surface area contributed by atoms with Crippen molar-refractivity contribution in [2.45, 2.75) is 58.7 Å². The maximum atomic E-state index is 12.9. The summed E-state index contributed by atoms with van der Waals surface area (Å²) in [4.78, 5) is 24.0. The van der Waals surface area contributed by atoms with Gasteiger partial charge in [0.25, 0.3) is 0 Å². The molecule has 6 rings (SSSR count). The summed E-state index contributed by atoms with van der Waals surface area (Å²) >= 11 is 6.95. The van der Waals surface area contributed by atoms with Gasteiger partial charge in [-0.15, -0.1) is 0 Å². The summed E-state index contributed by atoms with van der Waals surface area (Å²) in [5.41, 5.74) is 5.06. The molecule has 5 aromatic rings. The molecule has 3 aromatic carbocycles. The van der Waals surface area contributed by atoms with Gasteiger partial charge in [-0.2, -0.15) is 5.10 Å². The molecular weight excluding hydrogens is 566 g/mol. The fourth-order valence-corrected chi connectivity index (χ4v) is 6.52. The van der Waals surface area contributed by atoms with Crippen LogP contribution in [0.5, 0.6) is 5.75 Å². The minimum absolute atomic E-state index is 0.288. The van der Waals surface area contributed by atoms with Gasteiger partial charge in [-0.05, 0) is 55.7 Å². The van der Waals surface area contributed by atoms with Crippen molar-refractivity contribution in [3.05, 3.63) is 82.3 Å². The molecule has 3 heterocycles. The second-order valence-corrected chi connectivity index (χ2v) is 11.3. The van der Waals surface area contributed by atoms with Crippen molar-refractivity contribution in [3.63, 3.8) is 0 Å². The summed E-state index contributed by atoms with van der Waals surface area (Å²) in [6, 6.07) is 17.9. The molecule has 0 radical (unpaired) electrons. The van der Waals surface area contributed by atoms with Gasteiger partial charge in [-0.25, -0.2) is 4.79 Å². The van der Waals surface area contributed by atoms with Gasteiger partial charge in [0.1, 0.15) is 17.7 Å². The lowest BCUT2D eigenvalue weighted by atomic mass is 9.98. The number of fused-ring (bicyclic) bond motifs is 3. The molecular formula is C34H34ClN3O5. The Hall–Kier alpha value is -4.14. The number of aromatic nitrogens is 3. The minimum atomic E-state index is -0.965. The number of hydrogen-bond donors (Lipinski definition) is 1. The van der Waals surface area contributed by atoms with E-state index >= 15 is 0 Å². The maximum absolute atomic E-state index is 12.9. The van der Waals surface area contributed by atoms with Gasteiger partial charge < -0.3 is 23.9 Å². The number of nitrogens with zero attached hydrogens (tertiary/aromatic N) is 3. The summed E-state index contributed by atoms with van der Waals surface area (Å²) < 4.78 is 15.9. The van der Waals surface area contributed by atoms with Crippen LogP contribution in [0.2, 0.25) is 5.02 Å². The summed E-state index contributed by atoms with van der Waals surface area (Å²) in [6.45, 7) is 4.22. The molecule has 222 valence electrons. The van der Waals surface area contributed by atoms with Crippen LogP contribution in [0.3, 0.4) is 0 Å². The fourth-order valence-electron chi connectivity index (χ4n) is 6.27. The number of carboxylic acids is 1. The van der Waals surface area contributed by atoms with E-state index in [0.717, 1.165) is 74.6 Å². The van der Waals surface area contributed by atoms with E-state index in [2.05, 4.69) is 12.1 Å². The molecule has 0 saturated heterocycles. The zero-order valence-corrected chi connectivity index (χ0v) is 24.9. The van der Waals surface area contributed by atoms with E-state index in [1.54, 1.807) is 0 Å². The molecule has 43 heavy (non-hydrogen) atoms. The van der Waals surface area contributed by atoms with E-state index in [1.165, 1.54) is 0 Å². The lowest BCUT2D eigenvalue weighted by Crippen LogP contribution is -2.12. The third-order valence-electron chi connectivity index (χ3n) is 8.21. The van der Waals surface area contributed by atoms with E-state index in [9.17, 15) is 14.7 Å². The predicted molar refractivity (Wildman–Crippen MR) is 167 cm³/mol. The summed E-state index contributed by atoms with van der Waals surface area (Å²) in [6.07, 6.45) is 3.93. The van der Waals surface area contributed by atoms with Crippen molar-refractivity contribution >= 4 is 45.5 Å². The number of hydrogen-bond acceptors (Lipinski definition) is 5. The molecule has 0 aliphatic carbocycles. The van der Waals surface area contributed by atoms with Crippen molar-refractivity contribution in [2.75, 3.05) is 13.2 Å². The first-order chi connectivity index (χ1) is 21.0. The first-order valence-electron chi connectivity index (χ1n) is 14.7. The average molecular weight is 600 g/mol. The number of aromatic carboxylic acids is 1. The largest absolute Gasteiger partial charge is 0.493 e. The Morgan fingerprint density at radius 2 is 1.93 bits per heavy atom. The Bertz CT molecular complexity index is 1820. The van der Waals surface area contributed by atoms with Gasteiger partial charge in [0, 0.05) is 53.7 Å². The number of rotatable bonds is 9. The SMILES string of the molecule is Cc1c2c(nn1CCC=O)COCCCCn1c(C(=O)O)c(CCCOc3cccc4ccccc34)c3ccc(Cl)c-2c31.